The number of ether oxygens (including phenoxy) is 1. The Morgan fingerprint density at radius 3 is 2.74 bits per heavy atom. The van der Waals surface area contributed by atoms with E-state index in [9.17, 15) is 9.90 Å². The Bertz CT molecular complexity index is 966. The lowest BCUT2D eigenvalue weighted by Gasteiger charge is -2.40. The van der Waals surface area contributed by atoms with E-state index in [1.807, 2.05) is 35.7 Å². The molecule has 0 saturated carbocycles. The molecule has 3 aliphatic rings. The van der Waals surface area contributed by atoms with Gasteiger partial charge < -0.3 is 23.7 Å². The number of hydrogen-bond donors (Lipinski definition) is 1. The van der Waals surface area contributed by atoms with Gasteiger partial charge >= 0.3 is 0 Å². The van der Waals surface area contributed by atoms with Crippen molar-refractivity contribution in [1.82, 2.24) is 14.4 Å². The molecular formula is C24H33N3O4. The number of aromatic nitrogens is 1. The lowest BCUT2D eigenvalue weighted by molar-refractivity contribution is -0.119. The van der Waals surface area contributed by atoms with Crippen molar-refractivity contribution in [2.24, 2.45) is 18.9 Å². The number of nitrogens with zero attached hydrogens (tertiary/aromatic N) is 3. The number of carbonyl (C=O) groups excluding carboxylic acids is 1. The molecule has 3 aliphatic heterocycles. The van der Waals surface area contributed by atoms with E-state index in [1.165, 1.54) is 0 Å². The zero-order valence-electron chi connectivity index (χ0n) is 18.7. The molecular weight excluding hydrogens is 394 g/mol. The van der Waals surface area contributed by atoms with Gasteiger partial charge in [0.25, 0.3) is 5.91 Å². The van der Waals surface area contributed by atoms with E-state index in [1.54, 1.807) is 0 Å². The van der Waals surface area contributed by atoms with Crippen LogP contribution in [-0.4, -0.2) is 69.9 Å². The van der Waals surface area contributed by atoms with Crippen LogP contribution < -0.4 is 0 Å². The first-order valence-corrected chi connectivity index (χ1v) is 11.4. The van der Waals surface area contributed by atoms with Gasteiger partial charge in [0.1, 0.15) is 17.1 Å². The molecule has 3 fully saturated rings. The minimum absolute atomic E-state index is 0.00420. The van der Waals surface area contributed by atoms with Gasteiger partial charge in [-0.15, -0.1) is 0 Å². The SMILES string of the molecule is CCCc1ccc(CN2C[C@H]3O[C@]4(C2)CN(C(=O)c2ccn(C)c2C)C[C@@H]4[C@@H]3CO)o1. The van der Waals surface area contributed by atoms with Crippen molar-refractivity contribution in [3.8, 4) is 0 Å². The van der Waals surface area contributed by atoms with Gasteiger partial charge in [-0.1, -0.05) is 6.92 Å². The zero-order valence-corrected chi connectivity index (χ0v) is 18.7. The molecule has 168 valence electrons. The van der Waals surface area contributed by atoms with Crippen molar-refractivity contribution >= 4 is 5.91 Å². The number of fused-ring (bicyclic) bond motifs is 1. The van der Waals surface area contributed by atoms with Gasteiger partial charge in [0.05, 0.1) is 24.8 Å². The quantitative estimate of drug-likeness (QED) is 0.766. The predicted octanol–water partition coefficient (Wildman–Crippen LogP) is 2.21. The summed E-state index contributed by atoms with van der Waals surface area (Å²) in [4.78, 5) is 17.6. The molecule has 2 bridgehead atoms. The molecule has 5 heterocycles. The molecule has 0 unspecified atom stereocenters. The highest BCUT2D eigenvalue weighted by atomic mass is 16.5. The number of likely N-dealkylation sites (tertiary alicyclic amines) is 2. The van der Waals surface area contributed by atoms with Crippen molar-refractivity contribution < 1.29 is 19.1 Å². The summed E-state index contributed by atoms with van der Waals surface area (Å²) < 4.78 is 14.5. The maximum absolute atomic E-state index is 13.3. The van der Waals surface area contributed by atoms with E-state index >= 15 is 0 Å². The normalized spacial score (nSPS) is 30.2. The molecule has 0 radical (unpaired) electrons. The number of aryl methyl sites for hydroxylation is 2. The lowest BCUT2D eigenvalue weighted by Crippen LogP contribution is -2.54. The topological polar surface area (TPSA) is 71.1 Å². The van der Waals surface area contributed by atoms with Crippen LogP contribution in [0.15, 0.2) is 28.8 Å². The van der Waals surface area contributed by atoms with Crippen LogP contribution in [0.3, 0.4) is 0 Å². The summed E-state index contributed by atoms with van der Waals surface area (Å²) in [7, 11) is 1.96. The van der Waals surface area contributed by atoms with Crippen LogP contribution in [0.4, 0.5) is 0 Å². The molecule has 2 aromatic rings. The number of amides is 1. The Balaban J connectivity index is 1.35. The molecule has 1 spiro atoms. The van der Waals surface area contributed by atoms with E-state index in [2.05, 4.69) is 24.0 Å². The van der Waals surface area contributed by atoms with Gasteiger partial charge in [0, 0.05) is 63.4 Å². The van der Waals surface area contributed by atoms with Gasteiger partial charge in [-0.25, -0.2) is 0 Å². The first kappa shape index (κ1) is 20.8. The Morgan fingerprint density at radius 2 is 2.03 bits per heavy atom. The predicted molar refractivity (Wildman–Crippen MR) is 116 cm³/mol. The maximum Gasteiger partial charge on any atom is 0.255 e. The third-order valence-corrected chi connectivity index (χ3v) is 7.57. The highest BCUT2D eigenvalue weighted by Crippen LogP contribution is 2.49. The fourth-order valence-electron chi connectivity index (χ4n) is 5.92. The van der Waals surface area contributed by atoms with Gasteiger partial charge in [0.2, 0.25) is 0 Å². The van der Waals surface area contributed by atoms with Crippen LogP contribution in [0.5, 0.6) is 0 Å². The summed E-state index contributed by atoms with van der Waals surface area (Å²) in [5.41, 5.74) is 1.32. The number of aliphatic hydroxyl groups excluding tert-OH is 1. The second-order valence-electron chi connectivity index (χ2n) is 9.57. The summed E-state index contributed by atoms with van der Waals surface area (Å²) in [5.74, 6) is 2.30. The van der Waals surface area contributed by atoms with Crippen molar-refractivity contribution in [1.29, 1.82) is 0 Å². The Kier molecular flexibility index (Phi) is 5.23. The van der Waals surface area contributed by atoms with Gasteiger partial charge in [-0.05, 0) is 31.5 Å². The summed E-state index contributed by atoms with van der Waals surface area (Å²) >= 11 is 0. The van der Waals surface area contributed by atoms with Gasteiger partial charge in [-0.2, -0.15) is 0 Å². The van der Waals surface area contributed by atoms with Crippen LogP contribution >= 0.6 is 0 Å². The number of morpholine rings is 1. The van der Waals surface area contributed by atoms with Crippen LogP contribution in [0.25, 0.3) is 0 Å². The standard InChI is InChI=1S/C24H33N3O4/c1-4-5-17-6-7-18(30-17)10-26-12-22-20(13-28)21-11-27(15-24(21,14-26)31-22)23(29)19-8-9-25(3)16(19)2/h6-9,20-22,28H,4-5,10-15H2,1-3H3/t20-,21+,22+,24+/m0/s1. The second kappa shape index (κ2) is 7.80. The van der Waals surface area contributed by atoms with Gasteiger partial charge in [0.15, 0.2) is 0 Å². The average molecular weight is 428 g/mol. The van der Waals surface area contributed by atoms with Crippen LogP contribution in [0, 0.1) is 18.8 Å². The van der Waals surface area contributed by atoms with Crippen LogP contribution in [-0.2, 0) is 24.8 Å². The molecule has 31 heavy (non-hydrogen) atoms. The first-order chi connectivity index (χ1) is 14.9. The van der Waals surface area contributed by atoms with E-state index in [-0.39, 0.29) is 30.5 Å². The average Bonchev–Trinajstić information content (AvgIpc) is 3.45. The molecule has 0 aromatic carbocycles. The molecule has 2 aromatic heterocycles. The largest absolute Gasteiger partial charge is 0.465 e. The minimum atomic E-state index is -0.409. The molecule has 7 heteroatoms. The highest BCUT2D eigenvalue weighted by molar-refractivity contribution is 5.95. The molecule has 3 saturated heterocycles. The fourth-order valence-corrected chi connectivity index (χ4v) is 5.92. The zero-order chi connectivity index (χ0) is 21.8. The number of hydrogen-bond acceptors (Lipinski definition) is 5. The van der Waals surface area contributed by atoms with Crippen molar-refractivity contribution in [3.05, 3.63) is 47.2 Å². The summed E-state index contributed by atoms with van der Waals surface area (Å²) in [6, 6.07) is 6.04. The van der Waals surface area contributed by atoms with Gasteiger partial charge in [-0.3, -0.25) is 9.69 Å². The van der Waals surface area contributed by atoms with E-state index in [4.69, 9.17) is 9.15 Å². The third kappa shape index (κ3) is 3.43. The van der Waals surface area contributed by atoms with Crippen molar-refractivity contribution in [3.63, 3.8) is 0 Å². The number of aliphatic hydroxyl groups is 1. The molecule has 4 atom stereocenters. The van der Waals surface area contributed by atoms with Crippen molar-refractivity contribution in [2.45, 2.75) is 44.9 Å². The van der Waals surface area contributed by atoms with Crippen LogP contribution in [0.2, 0.25) is 0 Å². The Labute approximate surface area is 183 Å². The Hall–Kier alpha value is -2.09. The first-order valence-electron chi connectivity index (χ1n) is 11.4. The Morgan fingerprint density at radius 1 is 1.23 bits per heavy atom. The maximum atomic E-state index is 13.3. The summed E-state index contributed by atoms with van der Waals surface area (Å²) in [5, 5.41) is 10.2. The number of carbonyl (C=O) groups is 1. The van der Waals surface area contributed by atoms with Crippen molar-refractivity contribution in [2.75, 3.05) is 32.8 Å². The highest BCUT2D eigenvalue weighted by Gasteiger charge is 2.62. The molecule has 1 amide bonds. The van der Waals surface area contributed by atoms with E-state index in [0.29, 0.717) is 13.1 Å². The third-order valence-electron chi connectivity index (χ3n) is 7.57. The smallest absolute Gasteiger partial charge is 0.255 e. The molecule has 7 nitrogen and oxygen atoms in total. The molecule has 5 rings (SSSR count). The fraction of sp³-hybridized carbons (Fsp3) is 0.625. The lowest BCUT2D eigenvalue weighted by atomic mass is 9.83. The molecule has 1 N–H and O–H groups in total. The molecule has 0 aliphatic carbocycles. The van der Waals surface area contributed by atoms with E-state index < -0.39 is 5.60 Å². The van der Waals surface area contributed by atoms with E-state index in [0.717, 1.165) is 55.3 Å². The number of rotatable bonds is 6. The van der Waals surface area contributed by atoms with Crippen LogP contribution in [0.1, 0.15) is 40.9 Å². The second-order valence-corrected chi connectivity index (χ2v) is 9.57. The number of furan rings is 1. The summed E-state index contributed by atoms with van der Waals surface area (Å²) in [6.45, 7) is 7.73. The summed E-state index contributed by atoms with van der Waals surface area (Å²) in [6.07, 6.45) is 3.96. The minimum Gasteiger partial charge on any atom is -0.465 e. The monoisotopic (exact) mass is 427 g/mol.